The first kappa shape index (κ1) is 16.3. The van der Waals surface area contributed by atoms with E-state index in [0.29, 0.717) is 11.3 Å². The number of nitrogens with one attached hydrogen (secondary N) is 2. The van der Waals surface area contributed by atoms with Crippen LogP contribution < -0.4 is 15.9 Å². The van der Waals surface area contributed by atoms with Crippen molar-refractivity contribution in [3.8, 4) is 11.8 Å². The number of benzene rings is 1. The highest BCUT2D eigenvalue weighted by Crippen LogP contribution is 2.23. The van der Waals surface area contributed by atoms with Gasteiger partial charge in [0.25, 0.3) is 0 Å². The van der Waals surface area contributed by atoms with Crippen molar-refractivity contribution in [2.45, 2.75) is 13.1 Å². The molecule has 0 bridgehead atoms. The van der Waals surface area contributed by atoms with Crippen LogP contribution in [-0.4, -0.2) is 24.3 Å². The highest BCUT2D eigenvalue weighted by Gasteiger charge is 2.28. The zero-order valence-corrected chi connectivity index (χ0v) is 11.0. The molecule has 1 aromatic rings. The molecule has 0 fully saturated rings. The fraction of sp³-hybridized carbons (Fsp3) is 0.250. The van der Waals surface area contributed by atoms with Crippen LogP contribution in [0.1, 0.15) is 5.56 Å². The Kier molecular flexibility index (Phi) is 5.12. The minimum absolute atomic E-state index is 0.0615. The first-order valence-corrected chi connectivity index (χ1v) is 5.61. The van der Waals surface area contributed by atoms with Gasteiger partial charge in [-0.25, -0.2) is 0 Å². The quantitative estimate of drug-likeness (QED) is 0.440. The summed E-state index contributed by atoms with van der Waals surface area (Å²) in [5.41, 5.74) is 8.33. The van der Waals surface area contributed by atoms with Gasteiger partial charge in [-0.2, -0.15) is 23.5 Å². The summed E-state index contributed by atoms with van der Waals surface area (Å²) in [6.07, 6.45) is -4.40. The molecule has 0 radical (unpaired) electrons. The second-order valence-electron chi connectivity index (χ2n) is 3.98. The van der Waals surface area contributed by atoms with Crippen LogP contribution in [0.4, 0.5) is 18.9 Å². The molecular weight excluding hydrogens is 287 g/mol. The minimum atomic E-state index is -4.40. The normalized spacial score (nSPS) is 11.7. The Morgan fingerprint density at radius 2 is 2.19 bits per heavy atom. The Bertz CT molecular complexity index is 604. The van der Waals surface area contributed by atoms with E-state index in [2.05, 4.69) is 15.3 Å². The molecule has 0 aliphatic heterocycles. The molecule has 1 aromatic carbocycles. The summed E-state index contributed by atoms with van der Waals surface area (Å²) in [5.74, 6) is -0.431. The molecule has 0 aromatic heterocycles. The minimum Gasteiger partial charge on any atom is -0.484 e. The van der Waals surface area contributed by atoms with Gasteiger partial charge in [0, 0.05) is 0 Å². The lowest BCUT2D eigenvalue weighted by Gasteiger charge is -2.11. The molecule has 0 aliphatic rings. The van der Waals surface area contributed by atoms with Crippen LogP contribution in [0.3, 0.4) is 0 Å². The summed E-state index contributed by atoms with van der Waals surface area (Å²) < 4.78 is 40.7. The van der Waals surface area contributed by atoms with E-state index in [9.17, 15) is 13.2 Å². The molecule has 0 aliphatic carbocycles. The molecule has 6 nitrogen and oxygen atoms in total. The number of anilines is 1. The highest BCUT2D eigenvalue weighted by molar-refractivity contribution is 6.45. The summed E-state index contributed by atoms with van der Waals surface area (Å²) >= 11 is 0. The molecule has 1 rings (SSSR count). The average molecular weight is 299 g/mol. The SMILES string of the molecule is Cc1cc(OCC(F)(F)F)ccc1N/N=C(\C#N)C(=N)N. The van der Waals surface area contributed by atoms with E-state index in [4.69, 9.17) is 16.4 Å². The maximum absolute atomic E-state index is 12.0. The van der Waals surface area contributed by atoms with Crippen LogP contribution in [0.5, 0.6) is 5.75 Å². The van der Waals surface area contributed by atoms with Gasteiger partial charge in [0.15, 0.2) is 12.4 Å². The molecule has 4 N–H and O–H groups in total. The fourth-order valence-corrected chi connectivity index (χ4v) is 1.28. The second-order valence-corrected chi connectivity index (χ2v) is 3.98. The molecule has 0 saturated heterocycles. The van der Waals surface area contributed by atoms with E-state index >= 15 is 0 Å². The zero-order chi connectivity index (χ0) is 16.0. The van der Waals surface area contributed by atoms with Gasteiger partial charge in [-0.05, 0) is 30.7 Å². The van der Waals surface area contributed by atoms with Crippen LogP contribution in [0.25, 0.3) is 0 Å². The molecular formula is C12H12F3N5O. The van der Waals surface area contributed by atoms with E-state index in [-0.39, 0.29) is 11.5 Å². The van der Waals surface area contributed by atoms with E-state index in [1.165, 1.54) is 18.2 Å². The van der Waals surface area contributed by atoms with Gasteiger partial charge in [0.2, 0.25) is 5.71 Å². The molecule has 9 heteroatoms. The summed E-state index contributed by atoms with van der Waals surface area (Å²) in [4.78, 5) is 0. The lowest BCUT2D eigenvalue weighted by atomic mass is 10.2. The lowest BCUT2D eigenvalue weighted by molar-refractivity contribution is -0.153. The number of ether oxygens (including phenoxy) is 1. The monoisotopic (exact) mass is 299 g/mol. The zero-order valence-electron chi connectivity index (χ0n) is 11.0. The Balaban J connectivity index is 2.80. The van der Waals surface area contributed by atoms with Crippen molar-refractivity contribution in [2.75, 3.05) is 12.0 Å². The summed E-state index contributed by atoms with van der Waals surface area (Å²) in [6.45, 7) is 0.248. The van der Waals surface area contributed by atoms with Crippen LogP contribution >= 0.6 is 0 Å². The van der Waals surface area contributed by atoms with Crippen LogP contribution in [0.15, 0.2) is 23.3 Å². The van der Waals surface area contributed by atoms with Crippen molar-refractivity contribution in [1.29, 1.82) is 10.7 Å². The second kappa shape index (κ2) is 6.60. The van der Waals surface area contributed by atoms with Crippen molar-refractivity contribution in [2.24, 2.45) is 10.8 Å². The van der Waals surface area contributed by atoms with E-state index in [0.717, 1.165) is 0 Å². The smallest absolute Gasteiger partial charge is 0.422 e. The van der Waals surface area contributed by atoms with Crippen LogP contribution in [0.2, 0.25) is 0 Å². The van der Waals surface area contributed by atoms with E-state index < -0.39 is 18.6 Å². The number of hydrogen-bond acceptors (Lipinski definition) is 5. The molecule has 21 heavy (non-hydrogen) atoms. The Morgan fingerprint density at radius 3 is 2.67 bits per heavy atom. The molecule has 0 atom stereocenters. The third-order valence-corrected chi connectivity index (χ3v) is 2.25. The van der Waals surface area contributed by atoms with Gasteiger partial charge in [0.05, 0.1) is 5.69 Å². The molecule has 112 valence electrons. The predicted octanol–water partition coefficient (Wildman–Crippen LogP) is 2.16. The van der Waals surface area contributed by atoms with Gasteiger partial charge in [-0.15, -0.1) is 0 Å². The molecule has 0 amide bonds. The van der Waals surface area contributed by atoms with Gasteiger partial charge in [0.1, 0.15) is 11.8 Å². The Hall–Kier alpha value is -2.76. The molecule has 0 saturated carbocycles. The lowest BCUT2D eigenvalue weighted by Crippen LogP contribution is -2.22. The number of rotatable bonds is 5. The predicted molar refractivity (Wildman–Crippen MR) is 71.3 cm³/mol. The first-order valence-electron chi connectivity index (χ1n) is 5.61. The highest BCUT2D eigenvalue weighted by atomic mass is 19.4. The van der Waals surface area contributed by atoms with Gasteiger partial charge in [-0.3, -0.25) is 10.8 Å². The number of nitriles is 1. The summed E-state index contributed by atoms with van der Waals surface area (Å²) in [6, 6.07) is 5.79. The van der Waals surface area contributed by atoms with Crippen molar-refractivity contribution < 1.29 is 17.9 Å². The fourth-order valence-electron chi connectivity index (χ4n) is 1.28. The first-order chi connectivity index (χ1) is 9.73. The van der Waals surface area contributed by atoms with Crippen molar-refractivity contribution in [3.63, 3.8) is 0 Å². The third kappa shape index (κ3) is 5.40. The maximum Gasteiger partial charge on any atom is 0.422 e. The van der Waals surface area contributed by atoms with Crippen molar-refractivity contribution >= 4 is 17.2 Å². The number of nitrogens with two attached hydrogens (primary N) is 1. The van der Waals surface area contributed by atoms with Crippen LogP contribution in [-0.2, 0) is 0 Å². The largest absolute Gasteiger partial charge is 0.484 e. The Morgan fingerprint density at radius 1 is 1.52 bits per heavy atom. The molecule has 0 unspecified atom stereocenters. The molecule has 0 spiro atoms. The van der Waals surface area contributed by atoms with Crippen molar-refractivity contribution in [1.82, 2.24) is 0 Å². The Labute approximate surface area is 118 Å². The number of amidine groups is 1. The number of aryl methyl sites for hydroxylation is 1. The molecule has 0 heterocycles. The number of hydrazone groups is 1. The average Bonchev–Trinajstić information content (AvgIpc) is 2.37. The number of nitrogens with zero attached hydrogens (tertiary/aromatic N) is 2. The van der Waals surface area contributed by atoms with Crippen LogP contribution in [0, 0.1) is 23.7 Å². The maximum atomic E-state index is 12.0. The number of halogens is 3. The van der Waals surface area contributed by atoms with Gasteiger partial charge in [-0.1, -0.05) is 0 Å². The topological polar surface area (TPSA) is 107 Å². The number of alkyl halides is 3. The summed E-state index contributed by atoms with van der Waals surface area (Å²) in [7, 11) is 0. The van der Waals surface area contributed by atoms with Gasteiger partial charge < -0.3 is 10.5 Å². The standard InChI is InChI=1S/C12H12F3N5O/c1-7-4-8(21-6-12(13,14)15)2-3-9(7)19-20-10(5-16)11(17)18/h2-4,19H,6H2,1H3,(H3,17,18)/b20-10+. The third-order valence-electron chi connectivity index (χ3n) is 2.25. The van der Waals surface area contributed by atoms with Gasteiger partial charge >= 0.3 is 6.18 Å². The van der Waals surface area contributed by atoms with E-state index in [1.54, 1.807) is 13.0 Å². The van der Waals surface area contributed by atoms with Crippen molar-refractivity contribution in [3.05, 3.63) is 23.8 Å². The van der Waals surface area contributed by atoms with E-state index in [1.807, 2.05) is 0 Å². The summed E-state index contributed by atoms with van der Waals surface area (Å²) in [5, 5.41) is 19.4. The number of hydrogen-bond donors (Lipinski definition) is 3.